The summed E-state index contributed by atoms with van der Waals surface area (Å²) < 4.78 is 11.9. The zero-order valence-electron chi connectivity index (χ0n) is 18.6. The first-order chi connectivity index (χ1) is 15.4. The molecule has 1 amide bonds. The fraction of sp³-hybridized carbons (Fsp3) is 0.409. The highest BCUT2D eigenvalue weighted by atomic mass is 16.5. The van der Waals surface area contributed by atoms with Crippen LogP contribution < -0.4 is 21.3 Å². The van der Waals surface area contributed by atoms with Gasteiger partial charge in [0.2, 0.25) is 5.88 Å². The van der Waals surface area contributed by atoms with Gasteiger partial charge in [-0.3, -0.25) is 19.1 Å². The second-order valence-electron chi connectivity index (χ2n) is 7.51. The highest BCUT2D eigenvalue weighted by Gasteiger charge is 2.21. The van der Waals surface area contributed by atoms with Crippen LogP contribution in [0.1, 0.15) is 49.2 Å². The summed E-state index contributed by atoms with van der Waals surface area (Å²) in [4.78, 5) is 49.4. The van der Waals surface area contributed by atoms with Crippen LogP contribution in [0.25, 0.3) is 11.0 Å². The van der Waals surface area contributed by atoms with E-state index in [-0.39, 0.29) is 35.0 Å². The number of H-pyrrole nitrogens is 1. The maximum Gasteiger partial charge on any atom is 0.329 e. The number of carbonyl (C=O) groups is 1. The molecule has 2 N–H and O–H groups in total. The number of aromatic amines is 1. The van der Waals surface area contributed by atoms with Crippen LogP contribution in [0.15, 0.2) is 34.0 Å². The number of aromatic nitrogens is 4. The van der Waals surface area contributed by atoms with Gasteiger partial charge in [0.1, 0.15) is 12.3 Å². The number of pyridine rings is 2. The smallest absolute Gasteiger partial charge is 0.329 e. The van der Waals surface area contributed by atoms with E-state index in [1.807, 2.05) is 20.8 Å². The Kier molecular flexibility index (Phi) is 7.37. The third-order valence-electron chi connectivity index (χ3n) is 4.80. The highest BCUT2D eigenvalue weighted by Crippen LogP contribution is 2.24. The van der Waals surface area contributed by atoms with Crippen LogP contribution in [0.5, 0.6) is 5.88 Å². The third-order valence-corrected chi connectivity index (χ3v) is 4.80. The molecular formula is C22H27N5O5. The monoisotopic (exact) mass is 441 g/mol. The van der Waals surface area contributed by atoms with Gasteiger partial charge in [0, 0.05) is 25.5 Å². The summed E-state index contributed by atoms with van der Waals surface area (Å²) in [7, 11) is 1.56. The molecule has 0 radical (unpaired) electrons. The second-order valence-corrected chi connectivity index (χ2v) is 7.51. The van der Waals surface area contributed by atoms with E-state index in [1.54, 1.807) is 31.5 Å². The van der Waals surface area contributed by atoms with E-state index in [1.165, 1.54) is 4.57 Å². The number of methoxy groups -OCH3 is 1. The van der Waals surface area contributed by atoms with E-state index in [9.17, 15) is 14.4 Å². The number of hydrogen-bond acceptors (Lipinski definition) is 7. The van der Waals surface area contributed by atoms with Gasteiger partial charge in [0.15, 0.2) is 5.65 Å². The molecule has 0 saturated carbocycles. The van der Waals surface area contributed by atoms with E-state index in [0.717, 1.165) is 0 Å². The molecule has 3 aromatic rings. The van der Waals surface area contributed by atoms with Gasteiger partial charge >= 0.3 is 5.69 Å². The van der Waals surface area contributed by atoms with Gasteiger partial charge in [-0.25, -0.2) is 14.8 Å². The summed E-state index contributed by atoms with van der Waals surface area (Å²) in [5.41, 5.74) is 0.0534. The number of fused-ring (bicyclic) bond motifs is 1. The molecule has 0 aliphatic carbocycles. The van der Waals surface area contributed by atoms with Crippen LogP contribution in [0.3, 0.4) is 0 Å². The lowest BCUT2D eigenvalue weighted by Gasteiger charge is -2.15. The number of nitrogens with one attached hydrogen (secondary N) is 2. The van der Waals surface area contributed by atoms with E-state index in [2.05, 4.69) is 20.3 Å². The number of hydrogen-bond donors (Lipinski definition) is 2. The Hall–Kier alpha value is -3.53. The Morgan fingerprint density at radius 2 is 2.06 bits per heavy atom. The molecule has 0 fully saturated rings. The molecule has 0 aliphatic rings. The first kappa shape index (κ1) is 23.1. The molecule has 32 heavy (non-hydrogen) atoms. The zero-order valence-corrected chi connectivity index (χ0v) is 18.6. The minimum atomic E-state index is -0.659. The molecular weight excluding hydrogens is 414 g/mol. The van der Waals surface area contributed by atoms with Gasteiger partial charge in [-0.15, -0.1) is 0 Å². The summed E-state index contributed by atoms with van der Waals surface area (Å²) in [6.07, 6.45) is 2.21. The fourth-order valence-electron chi connectivity index (χ4n) is 3.21. The third kappa shape index (κ3) is 4.86. The quantitative estimate of drug-likeness (QED) is 0.488. The van der Waals surface area contributed by atoms with E-state index in [4.69, 9.17) is 9.47 Å². The van der Waals surface area contributed by atoms with Crippen LogP contribution in [0.4, 0.5) is 5.69 Å². The number of amides is 1. The van der Waals surface area contributed by atoms with Crippen molar-refractivity contribution in [1.29, 1.82) is 0 Å². The number of anilines is 1. The molecule has 10 heteroatoms. The van der Waals surface area contributed by atoms with Crippen molar-refractivity contribution in [3.8, 4) is 5.88 Å². The van der Waals surface area contributed by atoms with E-state index < -0.39 is 17.2 Å². The Labute approximate surface area is 184 Å². The average molecular weight is 441 g/mol. The number of rotatable bonds is 9. The first-order valence-electron chi connectivity index (χ1n) is 10.4. The first-order valence-corrected chi connectivity index (χ1v) is 10.4. The Balaban J connectivity index is 2.12. The minimum absolute atomic E-state index is 0.0262. The maximum absolute atomic E-state index is 13.3. The summed E-state index contributed by atoms with van der Waals surface area (Å²) in [5.74, 6) is -0.324. The van der Waals surface area contributed by atoms with Gasteiger partial charge in [-0.1, -0.05) is 20.8 Å². The van der Waals surface area contributed by atoms with Crippen LogP contribution in [0, 0.1) is 0 Å². The van der Waals surface area contributed by atoms with Crippen LogP contribution >= 0.6 is 0 Å². The van der Waals surface area contributed by atoms with Crippen molar-refractivity contribution in [2.75, 3.05) is 25.6 Å². The Bertz CT molecular complexity index is 1230. The molecule has 3 heterocycles. The summed E-state index contributed by atoms with van der Waals surface area (Å²) in [6, 6.07) is 4.89. The van der Waals surface area contributed by atoms with Gasteiger partial charge in [0.25, 0.3) is 11.5 Å². The van der Waals surface area contributed by atoms with Gasteiger partial charge in [-0.05, 0) is 30.5 Å². The predicted molar refractivity (Wildman–Crippen MR) is 121 cm³/mol. The molecule has 3 rings (SSSR count). The van der Waals surface area contributed by atoms with Gasteiger partial charge in [-0.2, -0.15) is 0 Å². The lowest BCUT2D eigenvalue weighted by molar-refractivity contribution is 0.102. The largest absolute Gasteiger partial charge is 0.474 e. The second kappa shape index (κ2) is 10.2. The van der Waals surface area contributed by atoms with Crippen LogP contribution in [-0.4, -0.2) is 45.7 Å². The van der Waals surface area contributed by atoms with Crippen LogP contribution in [0.2, 0.25) is 0 Å². The van der Waals surface area contributed by atoms with Crippen molar-refractivity contribution in [3.05, 3.63) is 56.5 Å². The molecule has 0 spiro atoms. The Morgan fingerprint density at radius 1 is 1.28 bits per heavy atom. The van der Waals surface area contributed by atoms with Crippen molar-refractivity contribution in [1.82, 2.24) is 19.5 Å². The fourth-order valence-corrected chi connectivity index (χ4v) is 3.21. The average Bonchev–Trinajstić information content (AvgIpc) is 2.77. The Morgan fingerprint density at radius 3 is 2.75 bits per heavy atom. The normalized spacial score (nSPS) is 11.2. The molecule has 10 nitrogen and oxygen atoms in total. The van der Waals surface area contributed by atoms with Crippen LogP contribution in [-0.2, 0) is 11.3 Å². The predicted octanol–water partition coefficient (Wildman–Crippen LogP) is 2.29. The van der Waals surface area contributed by atoms with Crippen molar-refractivity contribution >= 4 is 22.6 Å². The van der Waals surface area contributed by atoms with Gasteiger partial charge in [0.05, 0.1) is 17.6 Å². The molecule has 170 valence electrons. The topological polar surface area (TPSA) is 128 Å². The van der Waals surface area contributed by atoms with Gasteiger partial charge < -0.3 is 14.8 Å². The SMILES string of the molecule is CCCn1c(=O)[nH]c(=O)c2c(C(=O)Nc3cccnc3OCCOC)cc(C(C)C)nc21. The van der Waals surface area contributed by atoms with Crippen molar-refractivity contribution < 1.29 is 14.3 Å². The lowest BCUT2D eigenvalue weighted by atomic mass is 10.0. The molecule has 0 aromatic carbocycles. The van der Waals surface area contributed by atoms with Crippen molar-refractivity contribution in [3.63, 3.8) is 0 Å². The molecule has 0 unspecified atom stereocenters. The van der Waals surface area contributed by atoms with Crippen molar-refractivity contribution in [2.45, 2.75) is 39.7 Å². The number of aryl methyl sites for hydroxylation is 1. The molecule has 0 atom stereocenters. The summed E-state index contributed by atoms with van der Waals surface area (Å²) >= 11 is 0. The summed E-state index contributed by atoms with van der Waals surface area (Å²) in [6.45, 7) is 6.75. The van der Waals surface area contributed by atoms with Crippen molar-refractivity contribution in [2.24, 2.45) is 0 Å². The molecule has 0 aliphatic heterocycles. The van der Waals surface area contributed by atoms with E-state index in [0.29, 0.717) is 31.0 Å². The highest BCUT2D eigenvalue weighted by molar-refractivity contribution is 6.12. The molecule has 0 saturated heterocycles. The summed E-state index contributed by atoms with van der Waals surface area (Å²) in [5, 5.41) is 2.83. The number of ether oxygens (including phenoxy) is 2. The molecule has 3 aromatic heterocycles. The minimum Gasteiger partial charge on any atom is -0.474 e. The maximum atomic E-state index is 13.3. The molecule has 0 bridgehead atoms. The number of nitrogens with zero attached hydrogens (tertiary/aromatic N) is 3. The zero-order chi connectivity index (χ0) is 23.3. The number of carbonyl (C=O) groups excluding carboxylic acids is 1. The van der Waals surface area contributed by atoms with E-state index >= 15 is 0 Å². The standard InChI is InChI=1S/C22H27N5O5/c1-5-9-27-18-17(20(29)26-22(27)30)14(12-16(24-18)13(2)3)19(28)25-15-7-6-8-23-21(15)32-11-10-31-4/h6-8,12-13H,5,9-11H2,1-4H3,(H,25,28)(H,26,29,30). The lowest BCUT2D eigenvalue weighted by Crippen LogP contribution is -2.32.